The molecule has 0 fully saturated rings. The summed E-state index contributed by atoms with van der Waals surface area (Å²) in [5, 5.41) is 2.66. The molecule has 110 valence electrons. The van der Waals surface area contributed by atoms with Gasteiger partial charge in [0.1, 0.15) is 6.04 Å². The maximum Gasteiger partial charge on any atom is 0.328 e. The Balaban J connectivity index is 2.75. The second-order valence-corrected chi connectivity index (χ2v) is 5.04. The van der Waals surface area contributed by atoms with Crippen LogP contribution in [0.1, 0.15) is 19.4 Å². The lowest BCUT2D eigenvalue weighted by atomic mass is 10.0. The number of rotatable bonds is 6. The van der Waals surface area contributed by atoms with Gasteiger partial charge in [-0.1, -0.05) is 44.2 Å². The monoisotopic (exact) mass is 278 g/mol. The minimum Gasteiger partial charge on any atom is -0.467 e. The molecule has 5 nitrogen and oxygen atoms in total. The molecule has 1 aromatic rings. The first-order valence-corrected chi connectivity index (χ1v) is 6.63. The van der Waals surface area contributed by atoms with Gasteiger partial charge in [0.05, 0.1) is 13.2 Å². The van der Waals surface area contributed by atoms with Crippen molar-refractivity contribution in [3.05, 3.63) is 35.9 Å². The molecular weight excluding hydrogens is 256 g/mol. The quantitative estimate of drug-likeness (QED) is 0.757. The third-order valence-corrected chi connectivity index (χ3v) is 3.11. The number of benzene rings is 1. The predicted molar refractivity (Wildman–Crippen MR) is 76.9 cm³/mol. The van der Waals surface area contributed by atoms with E-state index >= 15 is 0 Å². The molecule has 0 bridgehead atoms. The number of nitrogens with one attached hydrogen (secondary N) is 1. The lowest BCUT2D eigenvalue weighted by Crippen LogP contribution is -2.51. The van der Waals surface area contributed by atoms with Crippen molar-refractivity contribution in [1.82, 2.24) is 5.32 Å². The van der Waals surface area contributed by atoms with Crippen LogP contribution in [-0.2, 0) is 20.7 Å². The van der Waals surface area contributed by atoms with Gasteiger partial charge >= 0.3 is 5.97 Å². The largest absolute Gasteiger partial charge is 0.467 e. The number of nitrogens with two attached hydrogens (primary N) is 1. The third kappa shape index (κ3) is 4.66. The van der Waals surface area contributed by atoms with Gasteiger partial charge in [-0.3, -0.25) is 4.79 Å². The van der Waals surface area contributed by atoms with Gasteiger partial charge in [0.2, 0.25) is 5.91 Å². The summed E-state index contributed by atoms with van der Waals surface area (Å²) in [5.41, 5.74) is 6.72. The summed E-state index contributed by atoms with van der Waals surface area (Å²) in [4.78, 5) is 23.7. The molecule has 0 aliphatic rings. The lowest BCUT2D eigenvalue weighted by Gasteiger charge is -2.21. The molecule has 1 unspecified atom stereocenters. The van der Waals surface area contributed by atoms with E-state index in [2.05, 4.69) is 5.32 Å². The van der Waals surface area contributed by atoms with Crippen LogP contribution in [0.15, 0.2) is 30.3 Å². The Morgan fingerprint density at radius 1 is 1.25 bits per heavy atom. The van der Waals surface area contributed by atoms with Crippen molar-refractivity contribution in [3.63, 3.8) is 0 Å². The van der Waals surface area contributed by atoms with E-state index in [9.17, 15) is 9.59 Å². The summed E-state index contributed by atoms with van der Waals surface area (Å²) in [6, 6.07) is 8.08. The van der Waals surface area contributed by atoms with Gasteiger partial charge < -0.3 is 15.8 Å². The van der Waals surface area contributed by atoms with Crippen molar-refractivity contribution < 1.29 is 14.3 Å². The summed E-state index contributed by atoms with van der Waals surface area (Å²) < 4.78 is 4.73. The molecule has 0 aromatic heterocycles. The van der Waals surface area contributed by atoms with Gasteiger partial charge in [0, 0.05) is 6.42 Å². The third-order valence-electron chi connectivity index (χ3n) is 3.11. The SMILES string of the molecule is COC(=O)[C@H](Cc1ccccc1)NC(=O)C(N)C(C)C. The average Bonchev–Trinajstić information content (AvgIpc) is 2.45. The Labute approximate surface area is 119 Å². The Morgan fingerprint density at radius 3 is 2.35 bits per heavy atom. The molecule has 0 aliphatic heterocycles. The number of hydrogen-bond donors (Lipinski definition) is 2. The van der Waals surface area contributed by atoms with Crippen LogP contribution in [0.25, 0.3) is 0 Å². The smallest absolute Gasteiger partial charge is 0.328 e. The van der Waals surface area contributed by atoms with Crippen molar-refractivity contribution in [2.75, 3.05) is 7.11 Å². The Bertz CT molecular complexity index is 446. The minimum absolute atomic E-state index is 0.00465. The molecule has 5 heteroatoms. The maximum absolute atomic E-state index is 12.0. The molecule has 2 atom stereocenters. The maximum atomic E-state index is 12.0. The van der Waals surface area contributed by atoms with Gasteiger partial charge in [0.15, 0.2) is 0 Å². The molecule has 1 aromatic carbocycles. The van der Waals surface area contributed by atoms with Gasteiger partial charge in [-0.25, -0.2) is 4.79 Å². The van der Waals surface area contributed by atoms with E-state index in [1.165, 1.54) is 7.11 Å². The lowest BCUT2D eigenvalue weighted by molar-refractivity contribution is -0.145. The molecule has 1 rings (SSSR count). The van der Waals surface area contributed by atoms with Gasteiger partial charge in [-0.05, 0) is 11.5 Å². The average molecular weight is 278 g/mol. The Morgan fingerprint density at radius 2 is 1.85 bits per heavy atom. The fraction of sp³-hybridized carbons (Fsp3) is 0.467. The van der Waals surface area contributed by atoms with E-state index in [0.29, 0.717) is 6.42 Å². The van der Waals surface area contributed by atoms with Crippen LogP contribution in [0.5, 0.6) is 0 Å². The van der Waals surface area contributed by atoms with Crippen molar-refractivity contribution in [1.29, 1.82) is 0 Å². The van der Waals surface area contributed by atoms with E-state index in [-0.39, 0.29) is 11.8 Å². The van der Waals surface area contributed by atoms with Crippen LogP contribution < -0.4 is 11.1 Å². The van der Waals surface area contributed by atoms with Gasteiger partial charge in [-0.15, -0.1) is 0 Å². The summed E-state index contributed by atoms with van der Waals surface area (Å²) >= 11 is 0. The zero-order chi connectivity index (χ0) is 15.1. The summed E-state index contributed by atoms with van der Waals surface area (Å²) in [5.74, 6) is -0.811. The summed E-state index contributed by atoms with van der Waals surface area (Å²) in [7, 11) is 1.30. The second kappa shape index (κ2) is 7.65. The Hall–Kier alpha value is -1.88. The van der Waals surface area contributed by atoms with Crippen LogP contribution in [0, 0.1) is 5.92 Å². The van der Waals surface area contributed by atoms with E-state index in [4.69, 9.17) is 10.5 Å². The highest BCUT2D eigenvalue weighted by atomic mass is 16.5. The number of carbonyl (C=O) groups is 2. The van der Waals surface area contributed by atoms with Crippen LogP contribution in [0.4, 0.5) is 0 Å². The highest BCUT2D eigenvalue weighted by molar-refractivity contribution is 5.87. The first-order valence-electron chi connectivity index (χ1n) is 6.63. The van der Waals surface area contributed by atoms with Crippen LogP contribution >= 0.6 is 0 Å². The summed E-state index contributed by atoms with van der Waals surface area (Å²) in [6.07, 6.45) is 0.379. The van der Waals surface area contributed by atoms with E-state index < -0.39 is 18.1 Å². The number of methoxy groups -OCH3 is 1. The second-order valence-electron chi connectivity index (χ2n) is 5.04. The highest BCUT2D eigenvalue weighted by Crippen LogP contribution is 2.06. The fourth-order valence-corrected chi connectivity index (χ4v) is 1.76. The van der Waals surface area contributed by atoms with Gasteiger partial charge in [-0.2, -0.15) is 0 Å². The number of carbonyl (C=O) groups excluding carboxylic acids is 2. The van der Waals surface area contributed by atoms with E-state index in [1.54, 1.807) is 0 Å². The van der Waals surface area contributed by atoms with Crippen LogP contribution in [0.3, 0.4) is 0 Å². The van der Waals surface area contributed by atoms with Crippen molar-refractivity contribution in [3.8, 4) is 0 Å². The molecule has 1 amide bonds. The molecule has 20 heavy (non-hydrogen) atoms. The molecule has 0 heterocycles. The molecule has 0 aliphatic carbocycles. The molecule has 0 saturated heterocycles. The van der Waals surface area contributed by atoms with E-state index in [1.807, 2.05) is 44.2 Å². The molecule has 0 radical (unpaired) electrons. The molecule has 0 saturated carbocycles. The minimum atomic E-state index is -0.723. The topological polar surface area (TPSA) is 81.4 Å². The van der Waals surface area contributed by atoms with Crippen molar-refractivity contribution in [2.24, 2.45) is 11.7 Å². The predicted octanol–water partition coefficient (Wildman–Crippen LogP) is 0.870. The zero-order valence-corrected chi connectivity index (χ0v) is 12.1. The number of amides is 1. The molecule has 3 N–H and O–H groups in total. The Kier molecular flexibility index (Phi) is 6.18. The highest BCUT2D eigenvalue weighted by Gasteiger charge is 2.25. The standard InChI is InChI=1S/C15H22N2O3/c1-10(2)13(16)14(18)17-12(15(19)20-3)9-11-7-5-4-6-8-11/h4-8,10,12-13H,9,16H2,1-3H3,(H,17,18)/t12-,13?/m0/s1. The first kappa shape index (κ1) is 16.2. The van der Waals surface area contributed by atoms with Crippen LogP contribution in [0.2, 0.25) is 0 Å². The number of esters is 1. The number of hydrogen-bond acceptors (Lipinski definition) is 4. The normalized spacial score (nSPS) is 13.7. The van der Waals surface area contributed by atoms with Crippen LogP contribution in [-0.4, -0.2) is 31.1 Å². The summed E-state index contributed by atoms with van der Waals surface area (Å²) in [6.45, 7) is 3.71. The molecule has 0 spiro atoms. The van der Waals surface area contributed by atoms with Gasteiger partial charge in [0.25, 0.3) is 0 Å². The zero-order valence-electron chi connectivity index (χ0n) is 12.1. The molecular formula is C15H22N2O3. The van der Waals surface area contributed by atoms with E-state index in [0.717, 1.165) is 5.56 Å². The fourth-order valence-electron chi connectivity index (χ4n) is 1.76. The van der Waals surface area contributed by atoms with Crippen molar-refractivity contribution >= 4 is 11.9 Å². The van der Waals surface area contributed by atoms with Crippen molar-refractivity contribution in [2.45, 2.75) is 32.4 Å². The first-order chi connectivity index (χ1) is 9.45. The number of ether oxygens (including phenoxy) is 1.